The van der Waals surface area contributed by atoms with Crippen molar-refractivity contribution < 1.29 is 19.0 Å². The Hall–Kier alpha value is -2.79. The number of hydrogen-bond donors (Lipinski definition) is 1. The summed E-state index contributed by atoms with van der Waals surface area (Å²) in [5, 5.41) is 2.80. The first-order valence-electron chi connectivity index (χ1n) is 7.65. The van der Waals surface area contributed by atoms with Crippen LogP contribution in [0.4, 0.5) is 5.69 Å². The van der Waals surface area contributed by atoms with E-state index in [9.17, 15) is 4.79 Å². The van der Waals surface area contributed by atoms with Gasteiger partial charge in [0.2, 0.25) is 5.91 Å². The van der Waals surface area contributed by atoms with Gasteiger partial charge in [0.25, 0.3) is 0 Å². The number of amides is 1. The summed E-state index contributed by atoms with van der Waals surface area (Å²) >= 11 is 0. The molecular weight excluding hydrogens is 306 g/mol. The van der Waals surface area contributed by atoms with Crippen molar-refractivity contribution in [3.63, 3.8) is 0 Å². The van der Waals surface area contributed by atoms with E-state index < -0.39 is 0 Å². The Labute approximate surface area is 141 Å². The Balaban J connectivity index is 1.87. The molecule has 0 aliphatic carbocycles. The SMILES string of the molecule is CCOc1ccc(NC(=O)/C=C/c2ccc(OCOC)cc2)cc1. The monoisotopic (exact) mass is 327 g/mol. The molecule has 0 heterocycles. The standard InChI is InChI=1S/C19H21NO4/c1-3-23-17-11-7-16(8-12-17)20-19(21)13-6-15-4-9-18(10-5-15)24-14-22-2/h4-13H,3,14H2,1-2H3,(H,20,21)/b13-6+. The van der Waals surface area contributed by atoms with Crippen LogP contribution in [0.15, 0.2) is 54.6 Å². The summed E-state index contributed by atoms with van der Waals surface area (Å²) in [4.78, 5) is 11.9. The van der Waals surface area contributed by atoms with Gasteiger partial charge in [-0.2, -0.15) is 0 Å². The van der Waals surface area contributed by atoms with E-state index in [1.807, 2.05) is 43.3 Å². The second-order valence-electron chi connectivity index (χ2n) is 4.90. The molecule has 0 bridgehead atoms. The Morgan fingerprint density at radius 1 is 1.00 bits per heavy atom. The van der Waals surface area contributed by atoms with Crippen molar-refractivity contribution in [2.24, 2.45) is 0 Å². The summed E-state index contributed by atoms with van der Waals surface area (Å²) in [6, 6.07) is 14.6. The van der Waals surface area contributed by atoms with Gasteiger partial charge in [-0.1, -0.05) is 12.1 Å². The van der Waals surface area contributed by atoms with Crippen LogP contribution < -0.4 is 14.8 Å². The van der Waals surface area contributed by atoms with Crippen LogP contribution in [-0.4, -0.2) is 26.4 Å². The summed E-state index contributed by atoms with van der Waals surface area (Å²) in [5.41, 5.74) is 1.62. The summed E-state index contributed by atoms with van der Waals surface area (Å²) in [5.74, 6) is 1.30. The number of nitrogens with one attached hydrogen (secondary N) is 1. The van der Waals surface area contributed by atoms with E-state index in [0.717, 1.165) is 17.0 Å². The van der Waals surface area contributed by atoms with Gasteiger partial charge in [0.1, 0.15) is 11.5 Å². The van der Waals surface area contributed by atoms with Gasteiger partial charge >= 0.3 is 0 Å². The van der Waals surface area contributed by atoms with Crippen LogP contribution in [0.2, 0.25) is 0 Å². The van der Waals surface area contributed by atoms with Crippen LogP contribution in [0, 0.1) is 0 Å². The molecule has 0 saturated carbocycles. The lowest BCUT2D eigenvalue weighted by Gasteiger charge is -2.05. The molecule has 1 N–H and O–H groups in total. The predicted molar refractivity (Wildman–Crippen MR) is 94.2 cm³/mol. The molecule has 0 aliphatic rings. The third-order valence-corrected chi connectivity index (χ3v) is 3.08. The molecule has 2 aromatic rings. The van der Waals surface area contributed by atoms with Crippen molar-refractivity contribution in [3.05, 3.63) is 60.2 Å². The zero-order valence-corrected chi connectivity index (χ0v) is 13.8. The molecule has 2 rings (SSSR count). The zero-order valence-electron chi connectivity index (χ0n) is 13.8. The Bertz CT molecular complexity index is 663. The molecule has 126 valence electrons. The van der Waals surface area contributed by atoms with Crippen molar-refractivity contribution in [1.82, 2.24) is 0 Å². The molecule has 5 nitrogen and oxygen atoms in total. The molecule has 0 spiro atoms. The quantitative estimate of drug-likeness (QED) is 0.593. The molecule has 5 heteroatoms. The molecular formula is C19H21NO4. The summed E-state index contributed by atoms with van der Waals surface area (Å²) < 4.78 is 15.5. The molecule has 1 amide bonds. The molecule has 24 heavy (non-hydrogen) atoms. The van der Waals surface area contributed by atoms with Gasteiger partial charge in [0, 0.05) is 18.9 Å². The first kappa shape index (κ1) is 17.6. The summed E-state index contributed by atoms with van der Waals surface area (Å²) in [6.07, 6.45) is 3.23. The fourth-order valence-corrected chi connectivity index (χ4v) is 1.96. The fraction of sp³-hybridized carbons (Fsp3) is 0.211. The molecule has 2 aromatic carbocycles. The predicted octanol–water partition coefficient (Wildman–Crippen LogP) is 3.72. The van der Waals surface area contributed by atoms with Gasteiger partial charge in [-0.15, -0.1) is 0 Å². The molecule has 0 fully saturated rings. The lowest BCUT2D eigenvalue weighted by atomic mass is 10.2. The van der Waals surface area contributed by atoms with Crippen LogP contribution in [0.1, 0.15) is 12.5 Å². The van der Waals surface area contributed by atoms with Gasteiger partial charge in [-0.3, -0.25) is 4.79 Å². The molecule has 0 saturated heterocycles. The van der Waals surface area contributed by atoms with Crippen molar-refractivity contribution in [2.45, 2.75) is 6.92 Å². The second kappa shape index (κ2) is 9.37. The highest BCUT2D eigenvalue weighted by atomic mass is 16.7. The van der Waals surface area contributed by atoms with Crippen LogP contribution >= 0.6 is 0 Å². The minimum absolute atomic E-state index is 0.195. The largest absolute Gasteiger partial charge is 0.494 e. The Morgan fingerprint density at radius 2 is 1.62 bits per heavy atom. The Kier molecular flexibility index (Phi) is 6.86. The first-order chi connectivity index (χ1) is 11.7. The van der Waals surface area contributed by atoms with Crippen LogP contribution in [0.25, 0.3) is 6.08 Å². The Morgan fingerprint density at radius 3 is 2.25 bits per heavy atom. The highest BCUT2D eigenvalue weighted by Crippen LogP contribution is 2.16. The molecule has 0 atom stereocenters. The molecule has 0 radical (unpaired) electrons. The molecule has 0 aliphatic heterocycles. The van der Waals surface area contributed by atoms with Crippen molar-refractivity contribution >= 4 is 17.7 Å². The highest BCUT2D eigenvalue weighted by molar-refractivity contribution is 6.01. The maximum absolute atomic E-state index is 11.9. The van der Waals surface area contributed by atoms with Crippen molar-refractivity contribution in [3.8, 4) is 11.5 Å². The van der Waals surface area contributed by atoms with Crippen molar-refractivity contribution in [2.75, 3.05) is 25.8 Å². The average Bonchev–Trinajstić information content (AvgIpc) is 2.61. The van der Waals surface area contributed by atoms with Gasteiger partial charge < -0.3 is 19.5 Å². The number of methoxy groups -OCH3 is 1. The van der Waals surface area contributed by atoms with E-state index in [0.29, 0.717) is 12.4 Å². The maximum atomic E-state index is 11.9. The highest BCUT2D eigenvalue weighted by Gasteiger charge is 1.99. The van der Waals surface area contributed by atoms with E-state index in [1.165, 1.54) is 6.08 Å². The van der Waals surface area contributed by atoms with E-state index in [-0.39, 0.29) is 12.7 Å². The van der Waals surface area contributed by atoms with E-state index in [4.69, 9.17) is 14.2 Å². The number of carbonyl (C=O) groups is 1. The third kappa shape index (κ3) is 5.78. The number of carbonyl (C=O) groups excluding carboxylic acids is 1. The summed E-state index contributed by atoms with van der Waals surface area (Å²) in [6.45, 7) is 2.75. The smallest absolute Gasteiger partial charge is 0.248 e. The number of hydrogen-bond acceptors (Lipinski definition) is 4. The lowest BCUT2D eigenvalue weighted by molar-refractivity contribution is -0.111. The first-order valence-corrected chi connectivity index (χ1v) is 7.65. The minimum Gasteiger partial charge on any atom is -0.494 e. The minimum atomic E-state index is -0.195. The molecule has 0 unspecified atom stereocenters. The van der Waals surface area contributed by atoms with Crippen LogP contribution in [0.3, 0.4) is 0 Å². The fourth-order valence-electron chi connectivity index (χ4n) is 1.96. The number of ether oxygens (including phenoxy) is 3. The topological polar surface area (TPSA) is 56.8 Å². The van der Waals surface area contributed by atoms with Gasteiger partial charge in [-0.05, 0) is 55.0 Å². The third-order valence-electron chi connectivity index (χ3n) is 3.08. The normalized spacial score (nSPS) is 10.6. The average molecular weight is 327 g/mol. The zero-order chi connectivity index (χ0) is 17.2. The maximum Gasteiger partial charge on any atom is 0.248 e. The number of benzene rings is 2. The van der Waals surface area contributed by atoms with Crippen molar-refractivity contribution in [1.29, 1.82) is 0 Å². The van der Waals surface area contributed by atoms with E-state index in [2.05, 4.69) is 5.32 Å². The van der Waals surface area contributed by atoms with Crippen LogP contribution in [-0.2, 0) is 9.53 Å². The van der Waals surface area contributed by atoms with E-state index in [1.54, 1.807) is 25.3 Å². The second-order valence-corrected chi connectivity index (χ2v) is 4.90. The van der Waals surface area contributed by atoms with E-state index >= 15 is 0 Å². The lowest BCUT2D eigenvalue weighted by Crippen LogP contribution is -2.07. The molecule has 0 aromatic heterocycles. The van der Waals surface area contributed by atoms with Crippen LogP contribution in [0.5, 0.6) is 11.5 Å². The number of anilines is 1. The van der Waals surface area contributed by atoms with Gasteiger partial charge in [-0.25, -0.2) is 0 Å². The number of rotatable bonds is 8. The van der Waals surface area contributed by atoms with Gasteiger partial charge in [0.05, 0.1) is 6.61 Å². The van der Waals surface area contributed by atoms with Gasteiger partial charge in [0.15, 0.2) is 6.79 Å². The summed E-state index contributed by atoms with van der Waals surface area (Å²) in [7, 11) is 1.57.